The monoisotopic (exact) mass is 457 g/mol. The van der Waals surface area contributed by atoms with Crippen LogP contribution in [0.4, 0.5) is 5.69 Å². The van der Waals surface area contributed by atoms with Crippen LogP contribution in [0.3, 0.4) is 0 Å². The molecule has 0 saturated heterocycles. The molecule has 0 unspecified atom stereocenters. The predicted octanol–water partition coefficient (Wildman–Crippen LogP) is 5.37. The topological polar surface area (TPSA) is 63.7 Å². The van der Waals surface area contributed by atoms with Crippen LogP contribution in [0.25, 0.3) is 0 Å². The molecule has 31 heavy (non-hydrogen) atoms. The van der Waals surface area contributed by atoms with Crippen LogP contribution < -0.4 is 9.04 Å². The number of nitrogens with zero attached hydrogens (tertiary/aromatic N) is 1. The summed E-state index contributed by atoms with van der Waals surface area (Å²) < 4.78 is 33.4. The largest absolute Gasteiger partial charge is 0.484 e. The van der Waals surface area contributed by atoms with Crippen molar-refractivity contribution < 1.29 is 17.9 Å². The van der Waals surface area contributed by atoms with Gasteiger partial charge in [-0.05, 0) is 92.4 Å². The molecule has 3 rings (SSSR count). The number of halogens is 1. The molecule has 162 valence electrons. The first-order chi connectivity index (χ1) is 14.6. The summed E-state index contributed by atoms with van der Waals surface area (Å²) in [7, 11) is -4.18. The van der Waals surface area contributed by atoms with Gasteiger partial charge in [0.1, 0.15) is 5.75 Å². The standard InChI is InChI=1S/C24H24ClNO4S/c1-16-5-6-19(4)23(14-16)26(31(28,29)22-9-7-20(25)8-10-22)24(27)15-30-21-12-17(2)11-18(3)13-21/h5-14H,15H2,1-4H3. The predicted molar refractivity (Wildman–Crippen MR) is 123 cm³/mol. The van der Waals surface area contributed by atoms with Crippen molar-refractivity contribution >= 4 is 33.2 Å². The van der Waals surface area contributed by atoms with E-state index in [1.165, 1.54) is 24.3 Å². The van der Waals surface area contributed by atoms with E-state index in [1.54, 1.807) is 31.2 Å². The maximum atomic E-state index is 13.5. The molecule has 0 spiro atoms. The van der Waals surface area contributed by atoms with Crippen LogP contribution in [-0.2, 0) is 14.8 Å². The molecule has 0 fully saturated rings. The summed E-state index contributed by atoms with van der Waals surface area (Å²) in [5, 5.41) is 0.404. The summed E-state index contributed by atoms with van der Waals surface area (Å²) >= 11 is 5.91. The lowest BCUT2D eigenvalue weighted by atomic mass is 10.1. The Morgan fingerprint density at radius 3 is 2.10 bits per heavy atom. The van der Waals surface area contributed by atoms with Gasteiger partial charge in [-0.1, -0.05) is 29.8 Å². The van der Waals surface area contributed by atoms with Gasteiger partial charge in [-0.2, -0.15) is 4.31 Å². The number of carbonyl (C=O) groups is 1. The minimum absolute atomic E-state index is 0.0300. The summed E-state index contributed by atoms with van der Waals surface area (Å²) in [4.78, 5) is 13.2. The van der Waals surface area contributed by atoms with Crippen LogP contribution in [0.1, 0.15) is 22.3 Å². The number of ether oxygens (including phenoxy) is 1. The van der Waals surface area contributed by atoms with E-state index in [9.17, 15) is 13.2 Å². The Bertz CT molecular complexity index is 1200. The molecule has 0 heterocycles. The molecule has 5 nitrogen and oxygen atoms in total. The normalized spacial score (nSPS) is 11.3. The number of benzene rings is 3. The summed E-state index contributed by atoms with van der Waals surface area (Å²) in [5.74, 6) is -0.182. The van der Waals surface area contributed by atoms with E-state index in [4.69, 9.17) is 16.3 Å². The van der Waals surface area contributed by atoms with Crippen LogP contribution in [-0.4, -0.2) is 20.9 Å². The van der Waals surface area contributed by atoms with E-state index in [2.05, 4.69) is 0 Å². The van der Waals surface area contributed by atoms with Crippen molar-refractivity contribution in [3.8, 4) is 5.75 Å². The Kier molecular flexibility index (Phi) is 6.72. The third kappa shape index (κ3) is 5.27. The van der Waals surface area contributed by atoms with Crippen LogP contribution >= 0.6 is 11.6 Å². The Labute approximate surface area is 188 Å². The van der Waals surface area contributed by atoms with E-state index in [0.717, 1.165) is 21.0 Å². The van der Waals surface area contributed by atoms with E-state index < -0.39 is 22.5 Å². The third-order valence-electron chi connectivity index (χ3n) is 4.72. The van der Waals surface area contributed by atoms with Crippen molar-refractivity contribution in [2.45, 2.75) is 32.6 Å². The van der Waals surface area contributed by atoms with Crippen molar-refractivity contribution in [2.75, 3.05) is 10.9 Å². The zero-order valence-electron chi connectivity index (χ0n) is 17.8. The van der Waals surface area contributed by atoms with Crippen molar-refractivity contribution in [1.29, 1.82) is 0 Å². The number of aryl methyl sites for hydroxylation is 4. The summed E-state index contributed by atoms with van der Waals surface area (Å²) in [6.45, 7) is 7.02. The Balaban J connectivity index is 2.02. The number of hydrogen-bond donors (Lipinski definition) is 0. The molecular weight excluding hydrogens is 434 g/mol. The molecule has 0 saturated carbocycles. The second kappa shape index (κ2) is 9.12. The third-order valence-corrected chi connectivity index (χ3v) is 6.72. The second-order valence-corrected chi connectivity index (χ2v) is 9.74. The highest BCUT2D eigenvalue weighted by Gasteiger charge is 2.32. The SMILES string of the molecule is Cc1cc(C)cc(OCC(=O)N(c2cc(C)ccc2C)S(=O)(=O)c2ccc(Cl)cc2)c1. The average molecular weight is 458 g/mol. The Morgan fingerprint density at radius 2 is 1.48 bits per heavy atom. The van der Waals surface area contributed by atoms with Gasteiger partial charge >= 0.3 is 0 Å². The first kappa shape index (κ1) is 22.8. The van der Waals surface area contributed by atoms with E-state index in [-0.39, 0.29) is 4.90 Å². The Hall–Kier alpha value is -2.83. The van der Waals surface area contributed by atoms with Crippen molar-refractivity contribution in [3.63, 3.8) is 0 Å². The lowest BCUT2D eigenvalue weighted by Crippen LogP contribution is -2.40. The van der Waals surface area contributed by atoms with Gasteiger partial charge < -0.3 is 4.74 Å². The number of amides is 1. The maximum Gasteiger partial charge on any atom is 0.278 e. The minimum atomic E-state index is -4.18. The number of carbonyl (C=O) groups excluding carboxylic acids is 1. The number of sulfonamides is 1. The molecule has 0 aromatic heterocycles. The van der Waals surface area contributed by atoms with Gasteiger partial charge in [-0.25, -0.2) is 8.42 Å². The van der Waals surface area contributed by atoms with E-state index >= 15 is 0 Å². The fourth-order valence-corrected chi connectivity index (χ4v) is 4.86. The molecule has 0 aliphatic rings. The quantitative estimate of drug-likeness (QED) is 0.498. The molecule has 3 aromatic rings. The fraction of sp³-hybridized carbons (Fsp3) is 0.208. The van der Waals surface area contributed by atoms with Gasteiger partial charge in [0.25, 0.3) is 15.9 Å². The van der Waals surface area contributed by atoms with Gasteiger partial charge in [0.15, 0.2) is 6.61 Å². The van der Waals surface area contributed by atoms with Crippen LogP contribution in [0.5, 0.6) is 5.75 Å². The highest BCUT2D eigenvalue weighted by Crippen LogP contribution is 2.29. The van der Waals surface area contributed by atoms with Gasteiger partial charge in [0.2, 0.25) is 0 Å². The molecule has 0 bridgehead atoms. The molecule has 1 amide bonds. The Morgan fingerprint density at radius 1 is 0.871 bits per heavy atom. The van der Waals surface area contributed by atoms with Crippen molar-refractivity contribution in [2.24, 2.45) is 0 Å². The second-order valence-electron chi connectivity index (χ2n) is 7.52. The number of hydrogen-bond acceptors (Lipinski definition) is 4. The zero-order chi connectivity index (χ0) is 22.8. The van der Waals surface area contributed by atoms with Crippen LogP contribution in [0.15, 0.2) is 65.6 Å². The summed E-state index contributed by atoms with van der Waals surface area (Å²) in [5.41, 5.74) is 3.76. The molecule has 0 atom stereocenters. The fourth-order valence-electron chi connectivity index (χ4n) is 3.27. The molecule has 0 aliphatic heterocycles. The molecule has 7 heteroatoms. The van der Waals surface area contributed by atoms with Gasteiger partial charge in [0, 0.05) is 5.02 Å². The maximum absolute atomic E-state index is 13.5. The average Bonchev–Trinajstić information content (AvgIpc) is 2.69. The molecule has 0 radical (unpaired) electrons. The number of rotatable bonds is 6. The number of anilines is 1. The molecular formula is C24H24ClNO4S. The molecule has 0 N–H and O–H groups in total. The highest BCUT2D eigenvalue weighted by molar-refractivity contribution is 7.93. The zero-order valence-corrected chi connectivity index (χ0v) is 19.4. The van der Waals surface area contributed by atoms with E-state index in [1.807, 2.05) is 32.9 Å². The molecule has 0 aliphatic carbocycles. The minimum Gasteiger partial charge on any atom is -0.484 e. The smallest absolute Gasteiger partial charge is 0.278 e. The van der Waals surface area contributed by atoms with Gasteiger partial charge in [-0.15, -0.1) is 0 Å². The van der Waals surface area contributed by atoms with Gasteiger partial charge in [0.05, 0.1) is 10.6 Å². The molecule has 3 aromatic carbocycles. The van der Waals surface area contributed by atoms with Crippen molar-refractivity contribution in [1.82, 2.24) is 0 Å². The van der Waals surface area contributed by atoms with Gasteiger partial charge in [-0.3, -0.25) is 4.79 Å². The highest BCUT2D eigenvalue weighted by atomic mass is 35.5. The first-order valence-corrected chi connectivity index (χ1v) is 11.5. The van der Waals surface area contributed by atoms with Crippen LogP contribution in [0.2, 0.25) is 5.02 Å². The lowest BCUT2D eigenvalue weighted by molar-refractivity contribution is -0.119. The lowest BCUT2D eigenvalue weighted by Gasteiger charge is -2.25. The van der Waals surface area contributed by atoms with Crippen molar-refractivity contribution in [3.05, 3.63) is 87.9 Å². The van der Waals surface area contributed by atoms with Crippen LogP contribution in [0, 0.1) is 27.7 Å². The first-order valence-electron chi connectivity index (χ1n) is 9.70. The van der Waals surface area contributed by atoms with E-state index in [0.29, 0.717) is 22.0 Å². The summed E-state index contributed by atoms with van der Waals surface area (Å²) in [6, 6.07) is 16.6. The summed E-state index contributed by atoms with van der Waals surface area (Å²) in [6.07, 6.45) is 0.